The maximum Gasteiger partial charge on any atom is 0.264 e. The third-order valence-corrected chi connectivity index (χ3v) is 3.57. The maximum absolute atomic E-state index is 11.5. The van der Waals surface area contributed by atoms with Gasteiger partial charge in [-0.1, -0.05) is 0 Å². The van der Waals surface area contributed by atoms with Gasteiger partial charge in [0.1, 0.15) is 15.1 Å². The normalized spacial score (nSPS) is 11.7. The number of aromatic nitrogens is 2. The molecule has 0 aliphatic rings. The lowest BCUT2D eigenvalue weighted by atomic mass is 10.4. The summed E-state index contributed by atoms with van der Waals surface area (Å²) in [6.45, 7) is 0.180. The molecule has 0 amide bonds. The van der Waals surface area contributed by atoms with E-state index in [2.05, 4.69) is 9.97 Å². The monoisotopic (exact) mass is 358 g/mol. The molecular formula is C8H11IN2O4S. The number of halogens is 1. The predicted octanol–water partition coefficient (Wildman–Crippen LogP) is 0.0655. The number of sulfone groups is 1. The van der Waals surface area contributed by atoms with Crippen LogP contribution in [0.1, 0.15) is 11.5 Å². The molecule has 6 nitrogen and oxygen atoms in total. The number of nitrogens with zero attached hydrogens (tertiary/aromatic N) is 1. The van der Waals surface area contributed by atoms with Gasteiger partial charge in [0.15, 0.2) is 9.84 Å². The average Bonchev–Trinajstić information content (AvgIpc) is 2.11. The Morgan fingerprint density at radius 1 is 1.50 bits per heavy atom. The molecule has 1 aromatic rings. The topological polar surface area (TPSA) is 89.1 Å². The van der Waals surface area contributed by atoms with Crippen LogP contribution in [0.15, 0.2) is 4.79 Å². The van der Waals surface area contributed by atoms with E-state index in [9.17, 15) is 13.2 Å². The van der Waals surface area contributed by atoms with Crippen molar-refractivity contribution in [1.29, 1.82) is 0 Å². The quantitative estimate of drug-likeness (QED) is 0.770. The fraction of sp³-hybridized carbons (Fsp3) is 0.500. The van der Waals surface area contributed by atoms with E-state index in [0.29, 0.717) is 9.26 Å². The molecule has 0 aliphatic carbocycles. The average molecular weight is 358 g/mol. The van der Waals surface area contributed by atoms with Crippen LogP contribution in [0, 0.1) is 3.57 Å². The van der Waals surface area contributed by atoms with Crippen molar-refractivity contribution in [1.82, 2.24) is 9.97 Å². The van der Waals surface area contributed by atoms with Crippen molar-refractivity contribution in [2.45, 2.75) is 12.4 Å². The van der Waals surface area contributed by atoms with E-state index in [0.717, 1.165) is 6.26 Å². The van der Waals surface area contributed by atoms with E-state index in [4.69, 9.17) is 4.74 Å². The largest absolute Gasteiger partial charge is 0.378 e. The molecule has 0 aliphatic heterocycles. The standard InChI is InChI=1S/C8H11IN2O4S/c1-15-3-5-7(9)8(12)11-6(10-5)4-16(2,13)14/h3-4H2,1-2H3,(H,10,11,12). The van der Waals surface area contributed by atoms with Crippen LogP contribution < -0.4 is 5.56 Å². The van der Waals surface area contributed by atoms with E-state index >= 15 is 0 Å². The van der Waals surface area contributed by atoms with Crippen molar-refractivity contribution in [3.63, 3.8) is 0 Å². The minimum atomic E-state index is -3.21. The summed E-state index contributed by atoms with van der Waals surface area (Å²) in [4.78, 5) is 17.9. The van der Waals surface area contributed by atoms with Crippen LogP contribution in [0.4, 0.5) is 0 Å². The van der Waals surface area contributed by atoms with Gasteiger partial charge < -0.3 is 9.72 Å². The van der Waals surface area contributed by atoms with E-state index in [1.54, 1.807) is 0 Å². The van der Waals surface area contributed by atoms with Crippen molar-refractivity contribution in [2.24, 2.45) is 0 Å². The van der Waals surface area contributed by atoms with Crippen LogP contribution in [0.3, 0.4) is 0 Å². The second-order valence-electron chi connectivity index (χ2n) is 3.28. The Labute approximate surface area is 106 Å². The molecule has 0 radical (unpaired) electrons. The number of methoxy groups -OCH3 is 1. The number of ether oxygens (including phenoxy) is 1. The summed E-state index contributed by atoms with van der Waals surface area (Å²) in [6, 6.07) is 0. The van der Waals surface area contributed by atoms with Crippen molar-refractivity contribution in [2.75, 3.05) is 13.4 Å². The van der Waals surface area contributed by atoms with Gasteiger partial charge in [0.25, 0.3) is 5.56 Å². The molecule has 0 atom stereocenters. The summed E-state index contributed by atoms with van der Waals surface area (Å²) in [6.07, 6.45) is 1.08. The molecule has 16 heavy (non-hydrogen) atoms. The van der Waals surface area contributed by atoms with Gasteiger partial charge in [0.05, 0.1) is 12.3 Å². The number of rotatable bonds is 4. The fourth-order valence-corrected chi connectivity index (χ4v) is 2.15. The lowest BCUT2D eigenvalue weighted by Crippen LogP contribution is -2.20. The second-order valence-corrected chi connectivity index (χ2v) is 6.50. The summed E-state index contributed by atoms with van der Waals surface area (Å²) in [5.41, 5.74) is 0.104. The summed E-state index contributed by atoms with van der Waals surface area (Å²) in [5.74, 6) is -0.143. The first kappa shape index (κ1) is 13.6. The van der Waals surface area contributed by atoms with E-state index in [1.807, 2.05) is 22.6 Å². The van der Waals surface area contributed by atoms with Crippen LogP contribution in [0.25, 0.3) is 0 Å². The Morgan fingerprint density at radius 3 is 2.62 bits per heavy atom. The Kier molecular flexibility index (Phi) is 4.44. The molecule has 0 fully saturated rings. The van der Waals surface area contributed by atoms with Crippen molar-refractivity contribution < 1.29 is 13.2 Å². The molecule has 8 heteroatoms. The zero-order valence-electron chi connectivity index (χ0n) is 8.78. The first-order chi connectivity index (χ1) is 7.33. The van der Waals surface area contributed by atoms with Gasteiger partial charge in [0.2, 0.25) is 0 Å². The zero-order chi connectivity index (χ0) is 12.3. The fourth-order valence-electron chi connectivity index (χ4n) is 1.11. The highest BCUT2D eigenvalue weighted by atomic mass is 127. The van der Waals surface area contributed by atoms with Gasteiger partial charge >= 0.3 is 0 Å². The molecule has 90 valence electrons. The highest BCUT2D eigenvalue weighted by Gasteiger charge is 2.12. The Morgan fingerprint density at radius 2 is 2.12 bits per heavy atom. The highest BCUT2D eigenvalue weighted by Crippen LogP contribution is 2.07. The van der Waals surface area contributed by atoms with Crippen molar-refractivity contribution in [3.05, 3.63) is 25.4 Å². The lowest BCUT2D eigenvalue weighted by molar-refractivity contribution is 0.180. The molecule has 1 N–H and O–H groups in total. The molecule has 0 bridgehead atoms. The molecule has 1 heterocycles. The summed E-state index contributed by atoms with van der Waals surface area (Å²) in [5, 5.41) is 0. The van der Waals surface area contributed by atoms with Crippen LogP contribution in [0.2, 0.25) is 0 Å². The maximum atomic E-state index is 11.5. The van der Waals surface area contributed by atoms with E-state index in [-0.39, 0.29) is 23.7 Å². The van der Waals surface area contributed by atoms with Crippen LogP contribution in [-0.2, 0) is 26.9 Å². The molecular weight excluding hydrogens is 347 g/mol. The zero-order valence-corrected chi connectivity index (χ0v) is 11.8. The smallest absolute Gasteiger partial charge is 0.264 e. The molecule has 0 saturated heterocycles. The molecule has 0 unspecified atom stereocenters. The van der Waals surface area contributed by atoms with E-state index in [1.165, 1.54) is 7.11 Å². The summed E-state index contributed by atoms with van der Waals surface area (Å²) in [7, 11) is -1.73. The first-order valence-electron chi connectivity index (χ1n) is 4.27. The predicted molar refractivity (Wildman–Crippen MR) is 66.8 cm³/mol. The lowest BCUT2D eigenvalue weighted by Gasteiger charge is -2.04. The minimum Gasteiger partial charge on any atom is -0.378 e. The molecule has 1 aromatic heterocycles. The van der Waals surface area contributed by atoms with Crippen LogP contribution in [0.5, 0.6) is 0 Å². The molecule has 0 aromatic carbocycles. The van der Waals surface area contributed by atoms with E-state index < -0.39 is 9.84 Å². The van der Waals surface area contributed by atoms with Crippen molar-refractivity contribution >= 4 is 32.4 Å². The molecule has 0 saturated carbocycles. The second kappa shape index (κ2) is 5.23. The summed E-state index contributed by atoms with van der Waals surface area (Å²) >= 11 is 1.85. The third kappa shape index (κ3) is 3.83. The van der Waals surface area contributed by atoms with Gasteiger partial charge in [0, 0.05) is 13.4 Å². The van der Waals surface area contributed by atoms with Crippen molar-refractivity contribution in [3.8, 4) is 0 Å². The van der Waals surface area contributed by atoms with Crippen LogP contribution >= 0.6 is 22.6 Å². The third-order valence-electron chi connectivity index (χ3n) is 1.66. The van der Waals surface area contributed by atoms with Gasteiger partial charge in [-0.25, -0.2) is 13.4 Å². The van der Waals surface area contributed by atoms with Crippen LogP contribution in [-0.4, -0.2) is 31.8 Å². The summed E-state index contributed by atoms with van der Waals surface area (Å²) < 4.78 is 27.4. The Bertz CT molecular complexity index is 537. The number of nitrogens with one attached hydrogen (secondary N) is 1. The first-order valence-corrected chi connectivity index (χ1v) is 7.41. The Hall–Kier alpha value is -0.480. The SMILES string of the molecule is COCc1nc(CS(C)(=O)=O)[nH]c(=O)c1I. The molecule has 0 spiro atoms. The van der Waals surface area contributed by atoms with Gasteiger partial charge in [-0.05, 0) is 22.6 Å². The van der Waals surface area contributed by atoms with Gasteiger partial charge in [-0.3, -0.25) is 4.79 Å². The van der Waals surface area contributed by atoms with Gasteiger partial charge in [-0.15, -0.1) is 0 Å². The Balaban J connectivity index is 3.19. The highest BCUT2D eigenvalue weighted by molar-refractivity contribution is 14.1. The number of H-pyrrole nitrogens is 1. The minimum absolute atomic E-state index is 0.139. The number of aromatic amines is 1. The van der Waals surface area contributed by atoms with Gasteiger partial charge in [-0.2, -0.15) is 0 Å². The number of hydrogen-bond donors (Lipinski definition) is 1. The molecule has 1 rings (SSSR count). The number of hydrogen-bond acceptors (Lipinski definition) is 5.